The number of aryl methyl sites for hydroxylation is 1. The molecule has 2 aromatic rings. The fourth-order valence-corrected chi connectivity index (χ4v) is 5.00. The van der Waals surface area contributed by atoms with E-state index in [9.17, 15) is 14.7 Å². The molecule has 1 heterocycles. The Kier molecular flexibility index (Phi) is 8.09. The first-order chi connectivity index (χ1) is 16.6. The van der Waals surface area contributed by atoms with Gasteiger partial charge in [0, 0.05) is 44.4 Å². The van der Waals surface area contributed by atoms with Crippen LogP contribution in [0.2, 0.25) is 0 Å². The second-order valence-corrected chi connectivity index (χ2v) is 9.35. The Bertz CT molecular complexity index is 1080. The van der Waals surface area contributed by atoms with Crippen LogP contribution in [0, 0.1) is 0 Å². The molecule has 1 atom stereocenters. The number of allylic oxidation sites excluding steroid dienone is 2. The van der Waals surface area contributed by atoms with Gasteiger partial charge in [-0.05, 0) is 30.7 Å². The summed E-state index contributed by atoms with van der Waals surface area (Å²) in [6.07, 6.45) is 8.06. The molecule has 1 N–H and O–H groups in total. The largest absolute Gasteiger partial charge is 0.511 e. The number of ketones is 2. The van der Waals surface area contributed by atoms with Gasteiger partial charge in [0.15, 0.2) is 11.6 Å². The molecule has 6 nitrogen and oxygen atoms in total. The number of carbonyl (C=O) groups is 2. The van der Waals surface area contributed by atoms with Crippen LogP contribution in [0.3, 0.4) is 0 Å². The van der Waals surface area contributed by atoms with Gasteiger partial charge in [-0.2, -0.15) is 0 Å². The van der Waals surface area contributed by atoms with Gasteiger partial charge in [0.05, 0.1) is 16.8 Å². The predicted octanol–water partition coefficient (Wildman–Crippen LogP) is 6.11. The smallest absolute Gasteiger partial charge is 0.168 e. The van der Waals surface area contributed by atoms with Gasteiger partial charge < -0.3 is 9.63 Å². The molecule has 0 bridgehead atoms. The van der Waals surface area contributed by atoms with Crippen LogP contribution in [-0.2, 0) is 17.6 Å². The second kappa shape index (κ2) is 11.4. The molecule has 2 aliphatic rings. The molecule has 2 aliphatic carbocycles. The van der Waals surface area contributed by atoms with Crippen molar-refractivity contribution in [2.75, 3.05) is 6.54 Å². The minimum Gasteiger partial charge on any atom is -0.511 e. The first-order valence-electron chi connectivity index (χ1n) is 12.6. The Balaban J connectivity index is 1.45. The summed E-state index contributed by atoms with van der Waals surface area (Å²) in [5, 5.41) is 15.0. The zero-order valence-electron chi connectivity index (χ0n) is 20.0. The van der Waals surface area contributed by atoms with Crippen molar-refractivity contribution >= 4 is 17.3 Å². The lowest BCUT2D eigenvalue weighted by Gasteiger charge is -2.20. The third-order valence-corrected chi connectivity index (χ3v) is 6.83. The van der Waals surface area contributed by atoms with Crippen molar-refractivity contribution in [1.29, 1.82) is 0 Å². The first-order valence-corrected chi connectivity index (χ1v) is 12.6. The van der Waals surface area contributed by atoms with Gasteiger partial charge in [-0.1, -0.05) is 61.7 Å². The average Bonchev–Trinajstić information content (AvgIpc) is 3.26. The van der Waals surface area contributed by atoms with Gasteiger partial charge in [0.25, 0.3) is 0 Å². The van der Waals surface area contributed by atoms with Crippen molar-refractivity contribution in [3.63, 3.8) is 0 Å². The highest BCUT2D eigenvalue weighted by atomic mass is 16.5. The van der Waals surface area contributed by atoms with Crippen molar-refractivity contribution in [2.45, 2.75) is 83.5 Å². The van der Waals surface area contributed by atoms with Crippen LogP contribution < -0.4 is 0 Å². The molecule has 0 spiro atoms. The number of carbonyl (C=O) groups excluding carboxylic acids is 2. The highest BCUT2D eigenvalue weighted by Gasteiger charge is 2.33. The standard InChI is InChI=1S/C28H34N2O4/c1-2-3-4-8-16-29-21-12-9-13-23(31)27(21)24(32)15-14-22-28-25(33)17-20(18-26(28)34-30-22)19-10-6-5-7-11-19/h5-7,10-11,20,32H,2-4,8-9,12-18H2,1H3/b27-24+,29-21?. The maximum atomic E-state index is 12.9. The van der Waals surface area contributed by atoms with Crippen LogP contribution in [0.4, 0.5) is 0 Å². The molecule has 0 amide bonds. The molecule has 6 heteroatoms. The van der Waals surface area contributed by atoms with Crippen LogP contribution in [0.15, 0.2) is 51.2 Å². The molecule has 1 aromatic carbocycles. The second-order valence-electron chi connectivity index (χ2n) is 9.35. The van der Waals surface area contributed by atoms with Gasteiger partial charge in [-0.15, -0.1) is 0 Å². The third-order valence-electron chi connectivity index (χ3n) is 6.83. The minimum absolute atomic E-state index is 0.0292. The van der Waals surface area contributed by atoms with E-state index >= 15 is 0 Å². The number of fused-ring (bicyclic) bond motifs is 1. The number of benzene rings is 1. The lowest BCUT2D eigenvalue weighted by molar-refractivity contribution is -0.115. The summed E-state index contributed by atoms with van der Waals surface area (Å²) in [6, 6.07) is 10.00. The molecule has 1 aromatic heterocycles. The number of Topliss-reactive ketones (excluding diaryl/α,β-unsaturated/α-hetero) is 2. The molecular formula is C28H34N2O4. The van der Waals surface area contributed by atoms with Crippen LogP contribution in [0.1, 0.15) is 98.0 Å². The number of nitrogens with zero attached hydrogens (tertiary/aromatic N) is 2. The summed E-state index contributed by atoms with van der Waals surface area (Å²) in [7, 11) is 0. The Labute approximate surface area is 201 Å². The van der Waals surface area contributed by atoms with E-state index in [0.717, 1.165) is 37.0 Å². The quantitative estimate of drug-likeness (QED) is 0.276. The molecule has 34 heavy (non-hydrogen) atoms. The zero-order chi connectivity index (χ0) is 23.9. The minimum atomic E-state index is -0.0416. The van der Waals surface area contributed by atoms with Crippen molar-refractivity contribution in [3.8, 4) is 0 Å². The van der Waals surface area contributed by atoms with E-state index in [4.69, 9.17) is 4.52 Å². The fourth-order valence-electron chi connectivity index (χ4n) is 5.00. The lowest BCUT2D eigenvalue weighted by Crippen LogP contribution is -2.22. The number of aliphatic hydroxyl groups is 1. The maximum Gasteiger partial charge on any atom is 0.168 e. The van der Waals surface area contributed by atoms with Crippen LogP contribution in [0.5, 0.6) is 0 Å². The Morgan fingerprint density at radius 1 is 1.09 bits per heavy atom. The van der Waals surface area contributed by atoms with E-state index in [1.807, 2.05) is 30.3 Å². The summed E-state index contributed by atoms with van der Waals surface area (Å²) in [6.45, 7) is 2.86. The van der Waals surface area contributed by atoms with E-state index in [1.54, 1.807) is 0 Å². The van der Waals surface area contributed by atoms with Gasteiger partial charge in [0.1, 0.15) is 11.5 Å². The first kappa shape index (κ1) is 24.1. The van der Waals surface area contributed by atoms with Crippen molar-refractivity contribution in [2.24, 2.45) is 4.99 Å². The molecule has 0 radical (unpaired) electrons. The summed E-state index contributed by atoms with van der Waals surface area (Å²) in [5.74, 6) is 0.754. The number of aliphatic imine (C=N–C) groups is 1. The Morgan fingerprint density at radius 3 is 2.71 bits per heavy atom. The van der Waals surface area contributed by atoms with Crippen LogP contribution >= 0.6 is 0 Å². The van der Waals surface area contributed by atoms with E-state index in [2.05, 4.69) is 17.1 Å². The normalized spacial score (nSPS) is 21.1. The molecule has 0 aliphatic heterocycles. The summed E-state index contributed by atoms with van der Waals surface area (Å²) < 4.78 is 5.56. The average molecular weight is 463 g/mol. The number of rotatable bonds is 9. The lowest BCUT2D eigenvalue weighted by atomic mass is 9.81. The SMILES string of the molecule is CCCCCCN=C1CCCC(=O)/C1=C(/O)CCc1noc2c1C(=O)CC(c1ccccc1)C2. The van der Waals surface area contributed by atoms with Crippen LogP contribution in [-0.4, -0.2) is 34.1 Å². The predicted molar refractivity (Wildman–Crippen MR) is 132 cm³/mol. The maximum absolute atomic E-state index is 12.9. The Morgan fingerprint density at radius 2 is 1.91 bits per heavy atom. The highest BCUT2D eigenvalue weighted by Crippen LogP contribution is 2.35. The fraction of sp³-hybridized carbons (Fsp3) is 0.500. The van der Waals surface area contributed by atoms with Crippen molar-refractivity contribution in [3.05, 3.63) is 64.2 Å². The van der Waals surface area contributed by atoms with Gasteiger partial charge in [0.2, 0.25) is 0 Å². The number of unbranched alkanes of at least 4 members (excludes halogenated alkanes) is 3. The molecule has 0 saturated heterocycles. The molecule has 1 saturated carbocycles. The molecule has 1 fully saturated rings. The van der Waals surface area contributed by atoms with E-state index < -0.39 is 0 Å². The zero-order valence-corrected chi connectivity index (χ0v) is 20.0. The summed E-state index contributed by atoms with van der Waals surface area (Å²) in [4.78, 5) is 30.2. The van der Waals surface area contributed by atoms with Gasteiger partial charge in [-0.25, -0.2) is 0 Å². The third kappa shape index (κ3) is 5.54. The number of aromatic nitrogens is 1. The van der Waals surface area contributed by atoms with E-state index in [-0.39, 0.29) is 29.7 Å². The van der Waals surface area contributed by atoms with E-state index in [0.29, 0.717) is 54.8 Å². The number of aliphatic hydroxyl groups excluding tert-OH is 1. The molecule has 4 rings (SSSR count). The number of hydrogen-bond acceptors (Lipinski definition) is 6. The van der Waals surface area contributed by atoms with Crippen molar-refractivity contribution < 1.29 is 19.2 Å². The van der Waals surface area contributed by atoms with Crippen molar-refractivity contribution in [1.82, 2.24) is 5.16 Å². The Hall–Kier alpha value is -3.02. The topological polar surface area (TPSA) is 92.8 Å². The monoisotopic (exact) mass is 462 g/mol. The van der Waals surface area contributed by atoms with Gasteiger partial charge in [-0.3, -0.25) is 14.6 Å². The summed E-state index contributed by atoms with van der Waals surface area (Å²) in [5.41, 5.74) is 3.37. The number of hydrogen-bond donors (Lipinski definition) is 1. The van der Waals surface area contributed by atoms with Gasteiger partial charge >= 0.3 is 0 Å². The van der Waals surface area contributed by atoms with E-state index in [1.165, 1.54) is 12.8 Å². The van der Waals surface area contributed by atoms with Crippen LogP contribution in [0.25, 0.3) is 0 Å². The summed E-state index contributed by atoms with van der Waals surface area (Å²) >= 11 is 0. The molecule has 180 valence electrons. The molecular weight excluding hydrogens is 428 g/mol. The highest BCUT2D eigenvalue weighted by molar-refractivity contribution is 6.24. The molecule has 1 unspecified atom stereocenters.